The maximum Gasteiger partial charge on any atom is 0.270 e. The molecule has 0 spiro atoms. The summed E-state index contributed by atoms with van der Waals surface area (Å²) in [6, 6.07) is 22.8. The molecule has 1 heterocycles. The molecule has 3 aromatic rings. The fraction of sp³-hybridized carbons (Fsp3) is 0.240. The van der Waals surface area contributed by atoms with Crippen molar-refractivity contribution in [3.63, 3.8) is 0 Å². The normalized spacial score (nSPS) is 18.0. The third kappa shape index (κ3) is 5.04. The smallest absolute Gasteiger partial charge is 0.270 e. The van der Waals surface area contributed by atoms with E-state index in [1.54, 1.807) is 24.3 Å². The summed E-state index contributed by atoms with van der Waals surface area (Å²) in [4.78, 5) is 14.9. The summed E-state index contributed by atoms with van der Waals surface area (Å²) in [6.07, 6.45) is 0.342. The van der Waals surface area contributed by atoms with Crippen LogP contribution in [0.2, 0.25) is 10.0 Å². The number of ether oxygens (including phenoxy) is 1. The molecular weight excluding hydrogens is 431 g/mol. The van der Waals surface area contributed by atoms with Crippen LogP contribution in [-0.2, 0) is 11.2 Å². The molecule has 0 aromatic heterocycles. The number of rotatable bonds is 8. The molecule has 1 aliphatic heterocycles. The number of para-hydroxylation sites is 1. The highest BCUT2D eigenvalue weighted by atomic mass is 35.5. The lowest BCUT2D eigenvalue weighted by Crippen LogP contribution is -2.70. The lowest BCUT2D eigenvalue weighted by atomic mass is 9.95. The van der Waals surface area contributed by atoms with Crippen LogP contribution >= 0.6 is 23.2 Å². The molecule has 6 heteroatoms. The van der Waals surface area contributed by atoms with Crippen molar-refractivity contribution < 1.29 is 9.53 Å². The Balaban J connectivity index is 1.44. The number of nitrogens with zero attached hydrogens (tertiary/aromatic N) is 1. The Morgan fingerprint density at radius 1 is 0.935 bits per heavy atom. The quantitative estimate of drug-likeness (QED) is 0.371. The van der Waals surface area contributed by atoms with Crippen molar-refractivity contribution in [2.24, 2.45) is 0 Å². The van der Waals surface area contributed by atoms with Crippen LogP contribution in [-0.4, -0.2) is 31.1 Å². The van der Waals surface area contributed by atoms with Crippen molar-refractivity contribution >= 4 is 34.8 Å². The van der Waals surface area contributed by atoms with Crippen LogP contribution in [0, 0.1) is 6.92 Å². The number of hydrogen-bond donors (Lipinski definition) is 1. The minimum absolute atomic E-state index is 0.0336. The van der Waals surface area contributed by atoms with Crippen LogP contribution in [0.4, 0.5) is 5.69 Å². The standard InChI is InChI=1S/C25H24Cl2N2O2/c1-17-4-2-3-5-22(17)29-23(16-28-15-14-18-6-8-19(26)9-7-18)24(25(29)30)31-21-12-10-20(27)11-13-21/h2-13,23-24,28H,14-16H2,1H3/t23-,24-/m1/s1. The lowest BCUT2D eigenvalue weighted by Gasteiger charge is -2.47. The monoisotopic (exact) mass is 454 g/mol. The van der Waals surface area contributed by atoms with Crippen molar-refractivity contribution in [3.05, 3.63) is 94.0 Å². The predicted molar refractivity (Wildman–Crippen MR) is 126 cm³/mol. The zero-order chi connectivity index (χ0) is 21.8. The van der Waals surface area contributed by atoms with Crippen molar-refractivity contribution in [2.75, 3.05) is 18.0 Å². The van der Waals surface area contributed by atoms with Crippen molar-refractivity contribution in [3.8, 4) is 5.75 Å². The molecule has 1 fully saturated rings. The van der Waals surface area contributed by atoms with Gasteiger partial charge in [0.1, 0.15) is 5.75 Å². The van der Waals surface area contributed by atoms with Gasteiger partial charge in [0, 0.05) is 22.3 Å². The topological polar surface area (TPSA) is 41.6 Å². The summed E-state index contributed by atoms with van der Waals surface area (Å²) in [6.45, 7) is 3.44. The first kappa shape index (κ1) is 21.7. The number of amides is 1. The Bertz CT molecular complexity index is 1040. The minimum Gasteiger partial charge on any atom is -0.478 e. The summed E-state index contributed by atoms with van der Waals surface area (Å²) in [7, 11) is 0. The number of halogens is 2. The molecule has 0 saturated carbocycles. The van der Waals surface area contributed by atoms with Crippen LogP contribution in [0.5, 0.6) is 5.75 Å². The van der Waals surface area contributed by atoms with Crippen molar-refractivity contribution in [1.29, 1.82) is 0 Å². The number of benzene rings is 3. The molecule has 0 unspecified atom stereocenters. The molecule has 2 atom stereocenters. The van der Waals surface area contributed by atoms with Crippen molar-refractivity contribution in [1.82, 2.24) is 5.32 Å². The van der Waals surface area contributed by atoms with E-state index in [4.69, 9.17) is 27.9 Å². The van der Waals surface area contributed by atoms with Gasteiger partial charge in [-0.25, -0.2) is 0 Å². The summed E-state index contributed by atoms with van der Waals surface area (Å²) in [5, 5.41) is 4.86. The summed E-state index contributed by atoms with van der Waals surface area (Å²) in [5.41, 5.74) is 3.20. The van der Waals surface area contributed by atoms with E-state index in [1.807, 2.05) is 60.4 Å². The third-order valence-electron chi connectivity index (χ3n) is 5.47. The average Bonchev–Trinajstić information content (AvgIpc) is 2.77. The van der Waals surface area contributed by atoms with E-state index < -0.39 is 6.10 Å². The van der Waals surface area contributed by atoms with E-state index in [0.717, 1.165) is 29.2 Å². The molecule has 4 rings (SSSR count). The molecule has 1 N–H and O–H groups in total. The molecule has 4 nitrogen and oxygen atoms in total. The first-order chi connectivity index (χ1) is 15.0. The van der Waals surface area contributed by atoms with Gasteiger partial charge in [0.05, 0.1) is 6.04 Å². The Morgan fingerprint density at radius 3 is 2.26 bits per heavy atom. The predicted octanol–water partition coefficient (Wildman–Crippen LogP) is 5.30. The lowest BCUT2D eigenvalue weighted by molar-refractivity contribution is -0.134. The fourth-order valence-electron chi connectivity index (χ4n) is 3.77. The van der Waals surface area contributed by atoms with Gasteiger partial charge in [-0.15, -0.1) is 0 Å². The molecule has 160 valence electrons. The molecular formula is C25H24Cl2N2O2. The third-order valence-corrected chi connectivity index (χ3v) is 5.97. The van der Waals surface area contributed by atoms with E-state index in [9.17, 15) is 4.79 Å². The highest BCUT2D eigenvalue weighted by Gasteiger charge is 2.50. The molecule has 31 heavy (non-hydrogen) atoms. The van der Waals surface area contributed by atoms with Crippen molar-refractivity contribution in [2.45, 2.75) is 25.5 Å². The van der Waals surface area contributed by atoms with Crippen LogP contribution in [0.1, 0.15) is 11.1 Å². The second kappa shape index (κ2) is 9.73. The van der Waals surface area contributed by atoms with Gasteiger partial charge in [-0.2, -0.15) is 0 Å². The summed E-state index contributed by atoms with van der Waals surface area (Å²) < 4.78 is 6.05. The molecule has 0 radical (unpaired) electrons. The SMILES string of the molecule is Cc1ccccc1N1C(=O)[C@H](Oc2ccc(Cl)cc2)[C@H]1CNCCc1ccc(Cl)cc1. The highest BCUT2D eigenvalue weighted by molar-refractivity contribution is 6.30. The Kier molecular flexibility index (Phi) is 6.81. The van der Waals surface area contributed by atoms with E-state index in [0.29, 0.717) is 17.3 Å². The van der Waals surface area contributed by atoms with Crippen LogP contribution in [0.3, 0.4) is 0 Å². The molecule has 3 aromatic carbocycles. The number of nitrogens with one attached hydrogen (secondary N) is 1. The molecule has 1 aliphatic rings. The van der Waals surface area contributed by atoms with Gasteiger partial charge in [0.15, 0.2) is 6.10 Å². The first-order valence-electron chi connectivity index (χ1n) is 10.3. The largest absolute Gasteiger partial charge is 0.478 e. The van der Waals surface area contributed by atoms with E-state index in [-0.39, 0.29) is 11.9 Å². The zero-order valence-electron chi connectivity index (χ0n) is 17.2. The van der Waals surface area contributed by atoms with Gasteiger partial charge in [0.2, 0.25) is 0 Å². The number of aryl methyl sites for hydroxylation is 1. The maximum atomic E-state index is 13.0. The average molecular weight is 455 g/mol. The summed E-state index contributed by atoms with van der Waals surface area (Å²) >= 11 is 11.9. The number of carbonyl (C=O) groups excluding carboxylic acids is 1. The molecule has 1 saturated heterocycles. The fourth-order valence-corrected chi connectivity index (χ4v) is 4.02. The van der Waals surface area contributed by atoms with E-state index >= 15 is 0 Å². The van der Waals surface area contributed by atoms with Gasteiger partial charge < -0.3 is 15.0 Å². The summed E-state index contributed by atoms with van der Waals surface area (Å²) in [5.74, 6) is 0.604. The second-order valence-corrected chi connectivity index (χ2v) is 8.51. The van der Waals surface area contributed by atoms with Gasteiger partial charge in [-0.05, 0) is 73.5 Å². The Hall–Kier alpha value is -2.53. The Labute approximate surface area is 192 Å². The minimum atomic E-state index is -0.538. The van der Waals surface area contributed by atoms with Gasteiger partial charge in [-0.3, -0.25) is 4.79 Å². The van der Waals surface area contributed by atoms with Crippen LogP contribution in [0.25, 0.3) is 0 Å². The van der Waals surface area contributed by atoms with Gasteiger partial charge >= 0.3 is 0 Å². The first-order valence-corrected chi connectivity index (χ1v) is 11.0. The molecule has 0 aliphatic carbocycles. The number of carbonyl (C=O) groups is 1. The number of anilines is 1. The van der Waals surface area contributed by atoms with Crippen LogP contribution < -0.4 is 15.0 Å². The number of β-lactam (4-membered cyclic amide) rings is 1. The maximum absolute atomic E-state index is 13.0. The molecule has 1 amide bonds. The Morgan fingerprint density at radius 2 is 1.58 bits per heavy atom. The van der Waals surface area contributed by atoms with Gasteiger partial charge in [0.25, 0.3) is 5.91 Å². The van der Waals surface area contributed by atoms with Crippen LogP contribution in [0.15, 0.2) is 72.8 Å². The second-order valence-electron chi connectivity index (χ2n) is 7.64. The van der Waals surface area contributed by atoms with Gasteiger partial charge in [-0.1, -0.05) is 53.5 Å². The molecule has 0 bridgehead atoms. The van der Waals surface area contributed by atoms with E-state index in [1.165, 1.54) is 5.56 Å². The van der Waals surface area contributed by atoms with E-state index in [2.05, 4.69) is 5.32 Å². The number of hydrogen-bond acceptors (Lipinski definition) is 3. The zero-order valence-corrected chi connectivity index (χ0v) is 18.7. The highest BCUT2D eigenvalue weighted by Crippen LogP contribution is 2.33.